The van der Waals surface area contributed by atoms with E-state index in [2.05, 4.69) is 4.90 Å². The molecule has 0 saturated carbocycles. The molecule has 15 heavy (non-hydrogen) atoms. The number of likely N-dealkylation sites (N-methyl/N-ethyl adjacent to an activating group) is 2. The molecule has 0 spiro atoms. The zero-order valence-electron chi connectivity index (χ0n) is 9.39. The van der Waals surface area contributed by atoms with E-state index in [1.807, 2.05) is 7.05 Å². The number of rotatable bonds is 3. The van der Waals surface area contributed by atoms with E-state index < -0.39 is 10.2 Å². The molecule has 2 rings (SSSR count). The molecule has 0 aromatic rings. The number of hydrogen-bond donors (Lipinski definition) is 0. The second-order valence-electron chi connectivity index (χ2n) is 4.48. The van der Waals surface area contributed by atoms with Crippen LogP contribution in [0.1, 0.15) is 12.8 Å². The van der Waals surface area contributed by atoms with Gasteiger partial charge in [0.05, 0.1) is 0 Å². The molecular weight excluding hydrogens is 214 g/mol. The zero-order valence-corrected chi connectivity index (χ0v) is 10.2. The van der Waals surface area contributed by atoms with E-state index in [9.17, 15) is 8.42 Å². The Labute approximate surface area is 91.8 Å². The first kappa shape index (κ1) is 11.3. The molecule has 2 aliphatic rings. The molecule has 1 unspecified atom stereocenters. The fourth-order valence-corrected chi connectivity index (χ4v) is 3.53. The summed E-state index contributed by atoms with van der Waals surface area (Å²) in [6.45, 7) is 3.31. The van der Waals surface area contributed by atoms with Crippen LogP contribution in [0.3, 0.4) is 0 Å². The van der Waals surface area contributed by atoms with Gasteiger partial charge >= 0.3 is 0 Å². The quantitative estimate of drug-likeness (QED) is 0.622. The average molecular weight is 233 g/mol. The fraction of sp³-hybridized carbons (Fsp3) is 1.00. The minimum atomic E-state index is -3.15. The van der Waals surface area contributed by atoms with Crippen LogP contribution in [0, 0.1) is 0 Å². The zero-order chi connectivity index (χ0) is 11.1. The molecule has 2 heterocycles. The van der Waals surface area contributed by atoms with E-state index in [0.717, 1.165) is 25.9 Å². The highest BCUT2D eigenvalue weighted by atomic mass is 32.2. The van der Waals surface area contributed by atoms with Crippen LogP contribution in [-0.2, 0) is 10.2 Å². The van der Waals surface area contributed by atoms with Gasteiger partial charge in [0, 0.05) is 32.7 Å². The van der Waals surface area contributed by atoms with Crippen LogP contribution in [0.4, 0.5) is 0 Å². The van der Waals surface area contributed by atoms with Gasteiger partial charge in [0.1, 0.15) is 0 Å². The molecule has 0 aliphatic carbocycles. The van der Waals surface area contributed by atoms with Gasteiger partial charge in [-0.3, -0.25) is 0 Å². The predicted octanol–water partition coefficient (Wildman–Crippen LogP) is -0.427. The summed E-state index contributed by atoms with van der Waals surface area (Å²) >= 11 is 0. The third-order valence-electron chi connectivity index (χ3n) is 3.21. The summed E-state index contributed by atoms with van der Waals surface area (Å²) in [6, 6.07) is 0.148. The van der Waals surface area contributed by atoms with Crippen LogP contribution in [0.25, 0.3) is 0 Å². The molecule has 0 aromatic carbocycles. The van der Waals surface area contributed by atoms with E-state index in [0.29, 0.717) is 13.1 Å². The molecule has 2 fully saturated rings. The van der Waals surface area contributed by atoms with Crippen LogP contribution >= 0.6 is 0 Å². The average Bonchev–Trinajstić information content (AvgIpc) is 2.99. The Morgan fingerprint density at radius 2 is 1.93 bits per heavy atom. The van der Waals surface area contributed by atoms with Gasteiger partial charge in [0.2, 0.25) is 0 Å². The lowest BCUT2D eigenvalue weighted by atomic mass is 10.1. The first-order chi connectivity index (χ1) is 7.01. The van der Waals surface area contributed by atoms with Crippen LogP contribution in [-0.4, -0.2) is 68.2 Å². The van der Waals surface area contributed by atoms with Crippen molar-refractivity contribution in [3.63, 3.8) is 0 Å². The maximum absolute atomic E-state index is 11.9. The molecule has 0 N–H and O–H groups in total. The minimum absolute atomic E-state index is 0.148. The van der Waals surface area contributed by atoms with Gasteiger partial charge in [-0.05, 0) is 26.4 Å². The smallest absolute Gasteiger partial charge is 0.282 e. The normalized spacial score (nSPS) is 29.7. The van der Waals surface area contributed by atoms with Gasteiger partial charge < -0.3 is 4.90 Å². The van der Waals surface area contributed by atoms with E-state index in [1.54, 1.807) is 11.4 Å². The van der Waals surface area contributed by atoms with Crippen molar-refractivity contribution >= 4 is 10.2 Å². The van der Waals surface area contributed by atoms with Crippen LogP contribution < -0.4 is 0 Å². The number of hydrogen-bond acceptors (Lipinski definition) is 3. The molecule has 88 valence electrons. The molecule has 0 aromatic heterocycles. The Morgan fingerprint density at radius 3 is 2.47 bits per heavy atom. The van der Waals surface area contributed by atoms with Crippen molar-refractivity contribution in [1.29, 1.82) is 0 Å². The number of nitrogens with zero attached hydrogens (tertiary/aromatic N) is 3. The molecule has 5 nitrogen and oxygen atoms in total. The summed E-state index contributed by atoms with van der Waals surface area (Å²) in [7, 11) is 0.603. The lowest BCUT2D eigenvalue weighted by Crippen LogP contribution is -2.48. The fourth-order valence-electron chi connectivity index (χ4n) is 2.08. The molecular formula is C9H19N3O2S. The Hall–Kier alpha value is -0.170. The second kappa shape index (κ2) is 4.01. The van der Waals surface area contributed by atoms with E-state index in [4.69, 9.17) is 0 Å². The number of likely N-dealkylation sites (tertiary alicyclic amines) is 1. The van der Waals surface area contributed by atoms with Gasteiger partial charge in [-0.2, -0.15) is 17.0 Å². The summed E-state index contributed by atoms with van der Waals surface area (Å²) in [5.41, 5.74) is 0. The lowest BCUT2D eigenvalue weighted by molar-refractivity contribution is 0.185. The molecule has 6 heteroatoms. The summed E-state index contributed by atoms with van der Waals surface area (Å²) in [5.74, 6) is 0. The lowest BCUT2D eigenvalue weighted by Gasteiger charge is -2.35. The summed E-state index contributed by atoms with van der Waals surface area (Å²) in [4.78, 5) is 2.20. The van der Waals surface area contributed by atoms with Crippen molar-refractivity contribution in [2.24, 2.45) is 0 Å². The molecule has 0 amide bonds. The summed E-state index contributed by atoms with van der Waals surface area (Å²) in [6.07, 6.45) is 2.06. The predicted molar refractivity (Wildman–Crippen MR) is 58.8 cm³/mol. The Bertz CT molecular complexity index is 326. The maximum Gasteiger partial charge on any atom is 0.282 e. The third kappa shape index (κ3) is 2.33. The summed E-state index contributed by atoms with van der Waals surface area (Å²) < 4.78 is 26.9. The monoisotopic (exact) mass is 233 g/mol. The maximum atomic E-state index is 11.9. The van der Waals surface area contributed by atoms with E-state index >= 15 is 0 Å². The molecule has 2 saturated heterocycles. The molecule has 0 radical (unpaired) electrons. The van der Waals surface area contributed by atoms with Crippen molar-refractivity contribution in [2.45, 2.75) is 18.9 Å². The molecule has 2 aliphatic heterocycles. The highest BCUT2D eigenvalue weighted by Gasteiger charge is 2.38. The minimum Gasteiger partial charge on any atom is -0.305 e. The first-order valence-electron chi connectivity index (χ1n) is 5.43. The van der Waals surface area contributed by atoms with E-state index in [-0.39, 0.29) is 6.04 Å². The van der Waals surface area contributed by atoms with Gasteiger partial charge in [-0.1, -0.05) is 0 Å². The van der Waals surface area contributed by atoms with Crippen molar-refractivity contribution in [1.82, 2.24) is 13.5 Å². The van der Waals surface area contributed by atoms with Gasteiger partial charge in [-0.15, -0.1) is 0 Å². The Kier molecular flexibility index (Phi) is 3.03. The second-order valence-corrected chi connectivity index (χ2v) is 6.47. The van der Waals surface area contributed by atoms with Gasteiger partial charge in [0.25, 0.3) is 10.2 Å². The van der Waals surface area contributed by atoms with Crippen molar-refractivity contribution < 1.29 is 8.42 Å². The Morgan fingerprint density at radius 1 is 1.27 bits per heavy atom. The van der Waals surface area contributed by atoms with Crippen molar-refractivity contribution in [3.05, 3.63) is 0 Å². The van der Waals surface area contributed by atoms with Crippen molar-refractivity contribution in [3.8, 4) is 0 Å². The summed E-state index contributed by atoms with van der Waals surface area (Å²) in [5, 5.41) is 0. The topological polar surface area (TPSA) is 43.6 Å². The first-order valence-corrected chi connectivity index (χ1v) is 6.83. The van der Waals surface area contributed by atoms with Crippen LogP contribution in [0.2, 0.25) is 0 Å². The van der Waals surface area contributed by atoms with Gasteiger partial charge in [-0.25, -0.2) is 0 Å². The molecule has 0 bridgehead atoms. The standard InChI is InChI=1S/C9H19N3O2S/c1-10-5-3-4-9(8-10)11(2)15(13,14)12-6-7-12/h9H,3-8H2,1-2H3. The molecule has 1 atom stereocenters. The number of piperidine rings is 1. The highest BCUT2D eigenvalue weighted by molar-refractivity contribution is 7.87. The largest absolute Gasteiger partial charge is 0.305 e. The van der Waals surface area contributed by atoms with Gasteiger partial charge in [0.15, 0.2) is 0 Å². The Balaban J connectivity index is 2.03. The third-order valence-corrected chi connectivity index (χ3v) is 5.25. The highest BCUT2D eigenvalue weighted by Crippen LogP contribution is 2.21. The van der Waals surface area contributed by atoms with Crippen LogP contribution in [0.5, 0.6) is 0 Å². The van der Waals surface area contributed by atoms with Crippen LogP contribution in [0.15, 0.2) is 0 Å². The van der Waals surface area contributed by atoms with E-state index in [1.165, 1.54) is 4.31 Å². The SMILES string of the molecule is CN1CCCC(N(C)S(=O)(=O)N2CC2)C1. The van der Waals surface area contributed by atoms with Crippen molar-refractivity contribution in [2.75, 3.05) is 40.3 Å².